The SMILES string of the molecule is CCCCCNC(=NC)NCc1cc(C(CC)CC)no1.I. The average Bonchev–Trinajstić information content (AvgIpc) is 2.97. The van der Waals surface area contributed by atoms with Crippen molar-refractivity contribution in [2.24, 2.45) is 4.99 Å². The Morgan fingerprint density at radius 3 is 2.55 bits per heavy atom. The molecule has 0 aliphatic rings. The smallest absolute Gasteiger partial charge is 0.191 e. The number of hydrogen-bond acceptors (Lipinski definition) is 3. The average molecular weight is 422 g/mol. The first-order valence-corrected chi connectivity index (χ1v) is 8.15. The number of guanidine groups is 1. The normalized spacial score (nSPS) is 11.4. The maximum absolute atomic E-state index is 5.39. The molecule has 0 unspecified atom stereocenters. The highest BCUT2D eigenvalue weighted by Crippen LogP contribution is 2.22. The van der Waals surface area contributed by atoms with Gasteiger partial charge in [-0.3, -0.25) is 4.99 Å². The lowest BCUT2D eigenvalue weighted by molar-refractivity contribution is 0.368. The van der Waals surface area contributed by atoms with Gasteiger partial charge in [0.1, 0.15) is 0 Å². The van der Waals surface area contributed by atoms with Crippen LogP contribution in [0.1, 0.15) is 70.2 Å². The summed E-state index contributed by atoms with van der Waals surface area (Å²) in [7, 11) is 1.78. The molecule has 5 nitrogen and oxygen atoms in total. The standard InChI is InChI=1S/C16H30N4O.HI/c1-5-8-9-10-18-16(17-4)19-12-14-11-15(20-21-14)13(6-2)7-3;/h11,13H,5-10,12H2,1-4H3,(H2,17,18,19);1H. The highest BCUT2D eigenvalue weighted by Gasteiger charge is 2.12. The first-order valence-electron chi connectivity index (χ1n) is 8.15. The molecule has 0 aromatic carbocycles. The molecule has 0 amide bonds. The summed E-state index contributed by atoms with van der Waals surface area (Å²) in [6.07, 6.45) is 5.82. The third-order valence-electron chi connectivity index (χ3n) is 3.71. The van der Waals surface area contributed by atoms with Gasteiger partial charge >= 0.3 is 0 Å². The first kappa shape index (κ1) is 21.2. The van der Waals surface area contributed by atoms with E-state index in [0.29, 0.717) is 12.5 Å². The van der Waals surface area contributed by atoms with Gasteiger partial charge in [0, 0.05) is 25.6 Å². The highest BCUT2D eigenvalue weighted by atomic mass is 127. The van der Waals surface area contributed by atoms with Gasteiger partial charge in [-0.05, 0) is 19.3 Å². The number of unbranched alkanes of at least 4 members (excludes halogenated alkanes) is 2. The lowest BCUT2D eigenvalue weighted by atomic mass is 9.99. The van der Waals surface area contributed by atoms with Gasteiger partial charge in [-0.2, -0.15) is 0 Å². The van der Waals surface area contributed by atoms with E-state index in [0.717, 1.165) is 36.8 Å². The van der Waals surface area contributed by atoms with Gasteiger partial charge in [-0.15, -0.1) is 24.0 Å². The molecule has 1 aromatic heterocycles. The Morgan fingerprint density at radius 1 is 1.23 bits per heavy atom. The quantitative estimate of drug-likeness (QED) is 0.273. The molecule has 0 aliphatic carbocycles. The fourth-order valence-corrected chi connectivity index (χ4v) is 2.28. The van der Waals surface area contributed by atoms with E-state index in [1.54, 1.807) is 7.05 Å². The maximum Gasteiger partial charge on any atom is 0.191 e. The molecule has 0 aliphatic heterocycles. The van der Waals surface area contributed by atoms with Gasteiger partial charge in [0.25, 0.3) is 0 Å². The van der Waals surface area contributed by atoms with Crippen molar-refractivity contribution in [3.8, 4) is 0 Å². The fraction of sp³-hybridized carbons (Fsp3) is 0.750. The van der Waals surface area contributed by atoms with Crippen molar-refractivity contribution in [3.05, 3.63) is 17.5 Å². The third-order valence-corrected chi connectivity index (χ3v) is 3.71. The van der Waals surface area contributed by atoms with Crippen LogP contribution in [0.15, 0.2) is 15.6 Å². The van der Waals surface area contributed by atoms with Crippen molar-refractivity contribution in [1.82, 2.24) is 15.8 Å². The molecule has 0 saturated heterocycles. The third kappa shape index (κ3) is 7.47. The number of nitrogens with zero attached hydrogens (tertiary/aromatic N) is 2. The lowest BCUT2D eigenvalue weighted by Gasteiger charge is -2.10. The second kappa shape index (κ2) is 12.7. The number of aromatic nitrogens is 1. The summed E-state index contributed by atoms with van der Waals surface area (Å²) in [5.74, 6) is 2.16. The van der Waals surface area contributed by atoms with Crippen molar-refractivity contribution in [1.29, 1.82) is 0 Å². The van der Waals surface area contributed by atoms with Crippen LogP contribution in [0, 0.1) is 0 Å². The molecule has 0 atom stereocenters. The van der Waals surface area contributed by atoms with E-state index < -0.39 is 0 Å². The van der Waals surface area contributed by atoms with Crippen LogP contribution < -0.4 is 10.6 Å². The molecule has 1 rings (SSSR count). The van der Waals surface area contributed by atoms with Crippen LogP contribution in [0.25, 0.3) is 0 Å². The van der Waals surface area contributed by atoms with Crippen LogP contribution in [-0.4, -0.2) is 24.7 Å². The summed E-state index contributed by atoms with van der Waals surface area (Å²) in [5.41, 5.74) is 1.06. The second-order valence-electron chi connectivity index (χ2n) is 5.29. The van der Waals surface area contributed by atoms with Gasteiger partial charge in [0.05, 0.1) is 12.2 Å². The highest BCUT2D eigenvalue weighted by molar-refractivity contribution is 14.0. The van der Waals surface area contributed by atoms with Crippen LogP contribution in [-0.2, 0) is 6.54 Å². The molecular formula is C16H31IN4O. The summed E-state index contributed by atoms with van der Waals surface area (Å²) < 4.78 is 5.39. The molecule has 0 fully saturated rings. The van der Waals surface area contributed by atoms with Crippen LogP contribution >= 0.6 is 24.0 Å². The van der Waals surface area contributed by atoms with Gasteiger partial charge in [-0.1, -0.05) is 38.8 Å². The largest absolute Gasteiger partial charge is 0.359 e. The van der Waals surface area contributed by atoms with E-state index in [-0.39, 0.29) is 24.0 Å². The van der Waals surface area contributed by atoms with Crippen LogP contribution in [0.3, 0.4) is 0 Å². The summed E-state index contributed by atoms with van der Waals surface area (Å²) in [6.45, 7) is 8.13. The van der Waals surface area contributed by atoms with E-state index in [9.17, 15) is 0 Å². The molecule has 22 heavy (non-hydrogen) atoms. The number of nitrogens with one attached hydrogen (secondary N) is 2. The molecule has 1 heterocycles. The molecule has 0 radical (unpaired) electrons. The molecule has 0 spiro atoms. The van der Waals surface area contributed by atoms with Crippen molar-refractivity contribution in [2.75, 3.05) is 13.6 Å². The topological polar surface area (TPSA) is 62.5 Å². The minimum absolute atomic E-state index is 0. The number of rotatable bonds is 9. The predicted molar refractivity (Wildman–Crippen MR) is 103 cm³/mol. The van der Waals surface area contributed by atoms with Gasteiger partial charge in [-0.25, -0.2) is 0 Å². The lowest BCUT2D eigenvalue weighted by Crippen LogP contribution is -2.37. The number of aliphatic imine (C=N–C) groups is 1. The fourth-order valence-electron chi connectivity index (χ4n) is 2.28. The van der Waals surface area contributed by atoms with Crippen molar-refractivity contribution in [2.45, 2.75) is 65.3 Å². The number of hydrogen-bond donors (Lipinski definition) is 2. The molecular weight excluding hydrogens is 391 g/mol. The Hall–Kier alpha value is -0.790. The van der Waals surface area contributed by atoms with Crippen LogP contribution in [0.2, 0.25) is 0 Å². The van der Waals surface area contributed by atoms with Gasteiger partial charge < -0.3 is 15.2 Å². The Labute approximate surface area is 151 Å². The van der Waals surface area contributed by atoms with Crippen LogP contribution in [0.4, 0.5) is 0 Å². The number of halogens is 1. The zero-order chi connectivity index (χ0) is 15.5. The van der Waals surface area contributed by atoms with E-state index in [4.69, 9.17) is 4.52 Å². The van der Waals surface area contributed by atoms with E-state index in [1.807, 2.05) is 0 Å². The summed E-state index contributed by atoms with van der Waals surface area (Å²) in [6, 6.07) is 2.05. The van der Waals surface area contributed by atoms with Crippen LogP contribution in [0.5, 0.6) is 0 Å². The van der Waals surface area contributed by atoms with Crippen molar-refractivity contribution < 1.29 is 4.52 Å². The Kier molecular flexibility index (Phi) is 12.3. The van der Waals surface area contributed by atoms with Gasteiger partial charge in [0.2, 0.25) is 0 Å². The molecule has 2 N–H and O–H groups in total. The molecule has 0 saturated carbocycles. The Bertz CT molecular complexity index is 416. The maximum atomic E-state index is 5.39. The first-order chi connectivity index (χ1) is 10.2. The zero-order valence-electron chi connectivity index (χ0n) is 14.3. The monoisotopic (exact) mass is 422 g/mol. The Balaban J connectivity index is 0.00000441. The minimum atomic E-state index is 0. The molecule has 128 valence electrons. The summed E-state index contributed by atoms with van der Waals surface area (Å²) in [5, 5.41) is 10.7. The molecule has 0 bridgehead atoms. The van der Waals surface area contributed by atoms with E-state index >= 15 is 0 Å². The van der Waals surface area contributed by atoms with E-state index in [2.05, 4.69) is 47.6 Å². The predicted octanol–water partition coefficient (Wildman–Crippen LogP) is 4.05. The zero-order valence-corrected chi connectivity index (χ0v) is 16.6. The minimum Gasteiger partial charge on any atom is -0.359 e. The van der Waals surface area contributed by atoms with Gasteiger partial charge in [0.15, 0.2) is 11.7 Å². The second-order valence-corrected chi connectivity index (χ2v) is 5.29. The summed E-state index contributed by atoms with van der Waals surface area (Å²) >= 11 is 0. The van der Waals surface area contributed by atoms with E-state index in [1.165, 1.54) is 19.3 Å². The van der Waals surface area contributed by atoms with Crippen molar-refractivity contribution in [3.63, 3.8) is 0 Å². The Morgan fingerprint density at radius 2 is 1.95 bits per heavy atom. The molecule has 6 heteroatoms. The molecule has 1 aromatic rings. The summed E-state index contributed by atoms with van der Waals surface area (Å²) in [4.78, 5) is 4.21. The van der Waals surface area contributed by atoms with Crippen molar-refractivity contribution >= 4 is 29.9 Å².